The topological polar surface area (TPSA) is 62.0 Å². The first-order valence-corrected chi connectivity index (χ1v) is 6.47. The summed E-state index contributed by atoms with van der Waals surface area (Å²) in [6.45, 7) is 0. The number of carbonyl (C=O) groups is 1. The summed E-state index contributed by atoms with van der Waals surface area (Å²) in [7, 11) is 0. The van der Waals surface area contributed by atoms with E-state index in [9.17, 15) is 9.90 Å². The highest BCUT2D eigenvalue weighted by Crippen LogP contribution is 2.31. The summed E-state index contributed by atoms with van der Waals surface area (Å²) in [6.07, 6.45) is 0. The van der Waals surface area contributed by atoms with Gasteiger partial charge in [-0.1, -0.05) is 48.5 Å². The minimum absolute atomic E-state index is 0.147. The Morgan fingerprint density at radius 1 is 0.810 bits per heavy atom. The van der Waals surface area contributed by atoms with Crippen LogP contribution in [0.3, 0.4) is 0 Å². The summed E-state index contributed by atoms with van der Waals surface area (Å²) in [6, 6.07) is 20.1. The standard InChI is InChI=1S/C17H12N2O2/c20-17(21)15-11-10-12-6-4-5-9-14(12)16(15)19-18-13-7-2-1-3-8-13/h1-11H,(H,20,21)/b19-18+. The predicted molar refractivity (Wildman–Crippen MR) is 81.5 cm³/mol. The molecular formula is C17H12N2O2. The van der Waals surface area contributed by atoms with E-state index in [1.165, 1.54) is 0 Å². The molecule has 0 saturated heterocycles. The average Bonchev–Trinajstić information content (AvgIpc) is 2.53. The quantitative estimate of drug-likeness (QED) is 0.688. The second kappa shape index (κ2) is 5.54. The highest BCUT2D eigenvalue weighted by Gasteiger charge is 2.13. The van der Waals surface area contributed by atoms with E-state index in [1.807, 2.05) is 54.6 Å². The molecule has 0 bridgehead atoms. The van der Waals surface area contributed by atoms with Crippen LogP contribution < -0.4 is 0 Å². The first-order chi connectivity index (χ1) is 10.3. The molecule has 0 heterocycles. The van der Waals surface area contributed by atoms with Crippen LogP contribution in [-0.2, 0) is 0 Å². The summed E-state index contributed by atoms with van der Waals surface area (Å²) in [5.74, 6) is -1.01. The predicted octanol–water partition coefficient (Wildman–Crippen LogP) is 4.95. The second-order valence-corrected chi connectivity index (χ2v) is 4.52. The minimum atomic E-state index is -1.01. The molecule has 102 valence electrons. The zero-order valence-electron chi connectivity index (χ0n) is 11.1. The summed E-state index contributed by atoms with van der Waals surface area (Å²) in [5, 5.41) is 19.3. The summed E-state index contributed by atoms with van der Waals surface area (Å²) < 4.78 is 0. The first kappa shape index (κ1) is 13.0. The van der Waals surface area contributed by atoms with Crippen LogP contribution in [0.4, 0.5) is 11.4 Å². The van der Waals surface area contributed by atoms with Gasteiger partial charge >= 0.3 is 5.97 Å². The van der Waals surface area contributed by atoms with Gasteiger partial charge in [0, 0.05) is 5.39 Å². The molecule has 0 unspecified atom stereocenters. The van der Waals surface area contributed by atoms with Gasteiger partial charge in [-0.25, -0.2) is 4.79 Å². The molecule has 0 fully saturated rings. The second-order valence-electron chi connectivity index (χ2n) is 4.52. The van der Waals surface area contributed by atoms with Crippen molar-refractivity contribution in [3.8, 4) is 0 Å². The van der Waals surface area contributed by atoms with E-state index in [0.717, 1.165) is 10.8 Å². The van der Waals surface area contributed by atoms with Crippen LogP contribution in [0.1, 0.15) is 10.4 Å². The fourth-order valence-corrected chi connectivity index (χ4v) is 2.14. The van der Waals surface area contributed by atoms with E-state index in [1.54, 1.807) is 12.1 Å². The number of hydrogen-bond donors (Lipinski definition) is 1. The molecule has 0 saturated carbocycles. The van der Waals surface area contributed by atoms with Crippen molar-refractivity contribution >= 4 is 28.1 Å². The number of nitrogens with zero attached hydrogens (tertiary/aromatic N) is 2. The molecular weight excluding hydrogens is 264 g/mol. The van der Waals surface area contributed by atoms with Crippen molar-refractivity contribution in [1.29, 1.82) is 0 Å². The molecule has 1 N–H and O–H groups in total. The number of benzene rings is 3. The Labute approximate surface area is 121 Å². The van der Waals surface area contributed by atoms with Gasteiger partial charge in [0.25, 0.3) is 0 Å². The number of fused-ring (bicyclic) bond motifs is 1. The van der Waals surface area contributed by atoms with Crippen LogP contribution in [0.25, 0.3) is 10.8 Å². The van der Waals surface area contributed by atoms with Crippen molar-refractivity contribution in [1.82, 2.24) is 0 Å². The van der Waals surface area contributed by atoms with E-state index in [0.29, 0.717) is 11.4 Å². The molecule has 0 aliphatic carbocycles. The van der Waals surface area contributed by atoms with E-state index in [4.69, 9.17) is 0 Å². The third-order valence-corrected chi connectivity index (χ3v) is 3.15. The van der Waals surface area contributed by atoms with E-state index < -0.39 is 5.97 Å². The monoisotopic (exact) mass is 276 g/mol. The Morgan fingerprint density at radius 2 is 1.52 bits per heavy atom. The molecule has 0 aliphatic rings. The number of carboxylic acids is 1. The van der Waals surface area contributed by atoms with Gasteiger partial charge in [0.1, 0.15) is 5.69 Å². The van der Waals surface area contributed by atoms with Gasteiger partial charge in [0.15, 0.2) is 0 Å². The molecule has 0 atom stereocenters. The average molecular weight is 276 g/mol. The van der Waals surface area contributed by atoms with Crippen molar-refractivity contribution in [2.45, 2.75) is 0 Å². The number of hydrogen-bond acceptors (Lipinski definition) is 3. The Morgan fingerprint density at radius 3 is 2.29 bits per heavy atom. The summed E-state index contributed by atoms with van der Waals surface area (Å²) in [5.41, 5.74) is 1.21. The number of rotatable bonds is 3. The summed E-state index contributed by atoms with van der Waals surface area (Å²) in [4.78, 5) is 11.4. The lowest BCUT2D eigenvalue weighted by Gasteiger charge is -2.05. The highest BCUT2D eigenvalue weighted by molar-refractivity contribution is 6.04. The number of azo groups is 1. The molecule has 0 spiro atoms. The molecule has 0 aromatic heterocycles. The van der Waals surface area contributed by atoms with Crippen LogP contribution in [0.5, 0.6) is 0 Å². The zero-order chi connectivity index (χ0) is 14.7. The van der Waals surface area contributed by atoms with Crippen LogP contribution in [0, 0.1) is 0 Å². The van der Waals surface area contributed by atoms with Crippen LogP contribution >= 0.6 is 0 Å². The lowest BCUT2D eigenvalue weighted by atomic mass is 10.0. The SMILES string of the molecule is O=C(O)c1ccc2ccccc2c1/N=N/c1ccccc1. The summed E-state index contributed by atoms with van der Waals surface area (Å²) >= 11 is 0. The van der Waals surface area contributed by atoms with Crippen molar-refractivity contribution in [2.24, 2.45) is 10.2 Å². The number of carboxylic acid groups (broad SMARTS) is 1. The molecule has 4 nitrogen and oxygen atoms in total. The number of aromatic carboxylic acids is 1. The zero-order valence-corrected chi connectivity index (χ0v) is 11.1. The lowest BCUT2D eigenvalue weighted by Crippen LogP contribution is -1.96. The molecule has 0 amide bonds. The van der Waals surface area contributed by atoms with Crippen molar-refractivity contribution < 1.29 is 9.90 Å². The minimum Gasteiger partial charge on any atom is -0.478 e. The smallest absolute Gasteiger partial charge is 0.337 e. The largest absolute Gasteiger partial charge is 0.478 e. The van der Waals surface area contributed by atoms with Gasteiger partial charge in [0.05, 0.1) is 11.3 Å². The van der Waals surface area contributed by atoms with Gasteiger partial charge in [-0.2, -0.15) is 5.11 Å². The Balaban J connectivity index is 2.17. The maximum absolute atomic E-state index is 11.4. The van der Waals surface area contributed by atoms with Gasteiger partial charge < -0.3 is 5.11 Å². The molecule has 0 radical (unpaired) electrons. The molecule has 4 heteroatoms. The van der Waals surface area contributed by atoms with Gasteiger partial charge in [-0.3, -0.25) is 0 Å². The highest BCUT2D eigenvalue weighted by atomic mass is 16.4. The van der Waals surface area contributed by atoms with E-state index >= 15 is 0 Å². The fourth-order valence-electron chi connectivity index (χ4n) is 2.14. The Hall–Kier alpha value is -3.01. The molecule has 3 rings (SSSR count). The van der Waals surface area contributed by atoms with Gasteiger partial charge in [-0.05, 0) is 23.6 Å². The Kier molecular flexibility index (Phi) is 3.43. The molecule has 3 aromatic rings. The van der Waals surface area contributed by atoms with Crippen molar-refractivity contribution in [3.05, 3.63) is 72.3 Å². The Bertz CT molecular complexity index is 827. The first-order valence-electron chi connectivity index (χ1n) is 6.47. The van der Waals surface area contributed by atoms with Gasteiger partial charge in [-0.15, -0.1) is 5.11 Å². The molecule has 3 aromatic carbocycles. The van der Waals surface area contributed by atoms with Crippen LogP contribution in [0.2, 0.25) is 0 Å². The lowest BCUT2D eigenvalue weighted by molar-refractivity contribution is 0.0698. The van der Waals surface area contributed by atoms with Crippen molar-refractivity contribution in [2.75, 3.05) is 0 Å². The normalized spacial score (nSPS) is 11.0. The maximum Gasteiger partial charge on any atom is 0.337 e. The van der Waals surface area contributed by atoms with Crippen LogP contribution in [-0.4, -0.2) is 11.1 Å². The third kappa shape index (κ3) is 2.65. The third-order valence-electron chi connectivity index (χ3n) is 3.15. The van der Waals surface area contributed by atoms with E-state index in [2.05, 4.69) is 10.2 Å². The molecule has 21 heavy (non-hydrogen) atoms. The fraction of sp³-hybridized carbons (Fsp3) is 0. The van der Waals surface area contributed by atoms with Crippen LogP contribution in [0.15, 0.2) is 77.0 Å². The van der Waals surface area contributed by atoms with Gasteiger partial charge in [0.2, 0.25) is 0 Å². The van der Waals surface area contributed by atoms with E-state index in [-0.39, 0.29) is 5.56 Å². The maximum atomic E-state index is 11.4. The van der Waals surface area contributed by atoms with Crippen molar-refractivity contribution in [3.63, 3.8) is 0 Å². The molecule has 0 aliphatic heterocycles.